The Bertz CT molecular complexity index is 1730. The van der Waals surface area contributed by atoms with E-state index in [9.17, 15) is 19.5 Å². The molecule has 4 aromatic rings. The quantitative estimate of drug-likeness (QED) is 0.246. The maximum absolute atomic E-state index is 15.3. The van der Waals surface area contributed by atoms with Crippen LogP contribution in [-0.4, -0.2) is 40.3 Å². The summed E-state index contributed by atoms with van der Waals surface area (Å²) in [5.41, 5.74) is 4.26. The summed E-state index contributed by atoms with van der Waals surface area (Å²) in [5, 5.41) is 15.3. The average Bonchev–Trinajstić information content (AvgIpc) is 2.93. The Hall–Kier alpha value is -4.54. The standard InChI is InChI=1S/C31H33FN4O5/c1-17(37)14-33-15-24-26(32)12-20(13-28(24)41-5)21-8-6-9-22(18(21)2)23-10-7-11-27(19(23)3)35-29(38)25-16-34-31(40)36(4)30(25)39/h6-13,16-17,33,37H,14-15H2,1-5H3,(H,34,40)(H,35,38)/t17-/m0/s1. The summed E-state index contributed by atoms with van der Waals surface area (Å²) in [6.07, 6.45) is 0.551. The number of anilines is 1. The van der Waals surface area contributed by atoms with E-state index in [1.54, 1.807) is 25.1 Å². The van der Waals surface area contributed by atoms with Crippen LogP contribution in [-0.2, 0) is 13.6 Å². The normalized spacial score (nSPS) is 11.8. The predicted octanol–water partition coefficient (Wildman–Crippen LogP) is 3.89. The van der Waals surface area contributed by atoms with E-state index in [1.165, 1.54) is 20.2 Å². The molecule has 0 unspecified atom stereocenters. The summed E-state index contributed by atoms with van der Waals surface area (Å²) in [5.74, 6) is -0.660. The number of carbonyl (C=O) groups is 1. The molecule has 1 atom stereocenters. The van der Waals surface area contributed by atoms with Crippen molar-refractivity contribution in [2.24, 2.45) is 7.05 Å². The Morgan fingerprint density at radius 3 is 2.41 bits per heavy atom. The van der Waals surface area contributed by atoms with Crippen molar-refractivity contribution in [1.29, 1.82) is 0 Å². The van der Waals surface area contributed by atoms with Gasteiger partial charge in [0.2, 0.25) is 0 Å². The molecule has 4 rings (SSSR count). The van der Waals surface area contributed by atoms with Gasteiger partial charge in [-0.15, -0.1) is 0 Å². The molecular formula is C31H33FN4O5. The fraction of sp³-hybridized carbons (Fsp3) is 0.258. The maximum atomic E-state index is 15.3. The summed E-state index contributed by atoms with van der Waals surface area (Å²) in [7, 11) is 2.79. The predicted molar refractivity (Wildman–Crippen MR) is 157 cm³/mol. The van der Waals surface area contributed by atoms with Crippen LogP contribution in [0.5, 0.6) is 5.75 Å². The number of amides is 1. The molecule has 0 aliphatic rings. The molecule has 0 bridgehead atoms. The minimum absolute atomic E-state index is 0.185. The Morgan fingerprint density at radius 2 is 1.73 bits per heavy atom. The molecule has 41 heavy (non-hydrogen) atoms. The monoisotopic (exact) mass is 560 g/mol. The molecule has 0 radical (unpaired) electrons. The van der Waals surface area contributed by atoms with Crippen LogP contribution in [0.3, 0.4) is 0 Å². The number of carbonyl (C=O) groups excluding carboxylic acids is 1. The lowest BCUT2D eigenvalue weighted by atomic mass is 9.90. The number of aliphatic hydroxyl groups is 1. The molecule has 0 saturated carbocycles. The highest BCUT2D eigenvalue weighted by molar-refractivity contribution is 6.04. The number of nitrogens with one attached hydrogen (secondary N) is 3. The second-order valence-electron chi connectivity index (χ2n) is 9.90. The van der Waals surface area contributed by atoms with E-state index < -0.39 is 29.1 Å². The first-order chi connectivity index (χ1) is 19.5. The molecule has 3 aromatic carbocycles. The van der Waals surface area contributed by atoms with Gasteiger partial charge in [-0.05, 0) is 72.4 Å². The first kappa shape index (κ1) is 29.4. The van der Waals surface area contributed by atoms with E-state index in [1.807, 2.05) is 38.1 Å². The third kappa shape index (κ3) is 6.13. The van der Waals surface area contributed by atoms with Gasteiger partial charge in [-0.1, -0.05) is 30.3 Å². The van der Waals surface area contributed by atoms with E-state index >= 15 is 4.39 Å². The Kier molecular flexibility index (Phi) is 8.85. The van der Waals surface area contributed by atoms with Crippen molar-refractivity contribution in [2.75, 3.05) is 19.0 Å². The maximum Gasteiger partial charge on any atom is 0.328 e. The van der Waals surface area contributed by atoms with Gasteiger partial charge in [0.15, 0.2) is 0 Å². The summed E-state index contributed by atoms with van der Waals surface area (Å²) in [6, 6.07) is 14.5. The lowest BCUT2D eigenvalue weighted by Crippen LogP contribution is -2.37. The highest BCUT2D eigenvalue weighted by Crippen LogP contribution is 2.37. The SMILES string of the molecule is COc1cc(-c2cccc(-c3cccc(NC(=O)c4c[nH]c(=O)n(C)c4=O)c3C)c2C)cc(F)c1CNC[C@H](C)O. The third-order valence-corrected chi connectivity index (χ3v) is 7.06. The minimum Gasteiger partial charge on any atom is -0.496 e. The molecule has 10 heteroatoms. The van der Waals surface area contributed by atoms with Crippen LogP contribution in [0.25, 0.3) is 22.3 Å². The van der Waals surface area contributed by atoms with Crippen LogP contribution in [0.1, 0.15) is 34.0 Å². The number of nitrogens with zero attached hydrogens (tertiary/aromatic N) is 1. The summed E-state index contributed by atoms with van der Waals surface area (Å²) in [6.45, 7) is 6.00. The number of aromatic nitrogens is 2. The number of hydrogen-bond donors (Lipinski definition) is 4. The van der Waals surface area contributed by atoms with Gasteiger partial charge in [0.25, 0.3) is 11.5 Å². The molecule has 0 saturated heterocycles. The van der Waals surface area contributed by atoms with Gasteiger partial charge in [-0.2, -0.15) is 0 Å². The van der Waals surface area contributed by atoms with Gasteiger partial charge in [-0.3, -0.25) is 14.2 Å². The summed E-state index contributed by atoms with van der Waals surface area (Å²) >= 11 is 0. The van der Waals surface area contributed by atoms with Gasteiger partial charge in [0, 0.05) is 37.6 Å². The molecule has 0 aliphatic heterocycles. The zero-order valence-corrected chi connectivity index (χ0v) is 23.6. The smallest absolute Gasteiger partial charge is 0.328 e. The van der Waals surface area contributed by atoms with Crippen molar-refractivity contribution in [2.45, 2.75) is 33.4 Å². The molecule has 4 N–H and O–H groups in total. The molecule has 214 valence electrons. The summed E-state index contributed by atoms with van der Waals surface area (Å²) in [4.78, 5) is 39.4. The molecule has 0 fully saturated rings. The lowest BCUT2D eigenvalue weighted by Gasteiger charge is -2.18. The Balaban J connectivity index is 1.69. The van der Waals surface area contributed by atoms with Crippen molar-refractivity contribution in [3.05, 3.63) is 104 Å². The van der Waals surface area contributed by atoms with E-state index in [0.717, 1.165) is 38.6 Å². The second-order valence-corrected chi connectivity index (χ2v) is 9.90. The fourth-order valence-corrected chi connectivity index (χ4v) is 4.75. The number of ether oxygens (including phenoxy) is 1. The number of aliphatic hydroxyl groups excluding tert-OH is 1. The van der Waals surface area contributed by atoms with Crippen molar-refractivity contribution < 1.29 is 19.0 Å². The van der Waals surface area contributed by atoms with Crippen LogP contribution in [0, 0.1) is 19.7 Å². The average molecular weight is 561 g/mol. The lowest BCUT2D eigenvalue weighted by molar-refractivity contribution is 0.102. The van der Waals surface area contributed by atoms with Gasteiger partial charge >= 0.3 is 5.69 Å². The van der Waals surface area contributed by atoms with Crippen molar-refractivity contribution >= 4 is 11.6 Å². The van der Waals surface area contributed by atoms with E-state index in [4.69, 9.17) is 4.74 Å². The number of halogens is 1. The highest BCUT2D eigenvalue weighted by Gasteiger charge is 2.18. The van der Waals surface area contributed by atoms with Gasteiger partial charge in [0.1, 0.15) is 17.1 Å². The molecule has 0 spiro atoms. The molecule has 1 heterocycles. The van der Waals surface area contributed by atoms with Crippen LogP contribution in [0.15, 0.2) is 64.3 Å². The topological polar surface area (TPSA) is 125 Å². The molecule has 1 aromatic heterocycles. The number of methoxy groups -OCH3 is 1. The molecule has 9 nitrogen and oxygen atoms in total. The number of benzene rings is 3. The zero-order chi connectivity index (χ0) is 29.8. The Morgan fingerprint density at radius 1 is 1.07 bits per heavy atom. The molecular weight excluding hydrogens is 527 g/mol. The largest absolute Gasteiger partial charge is 0.496 e. The van der Waals surface area contributed by atoms with Crippen LogP contribution in [0.2, 0.25) is 0 Å². The number of H-pyrrole nitrogens is 1. The first-order valence-electron chi connectivity index (χ1n) is 13.1. The fourth-order valence-electron chi connectivity index (χ4n) is 4.75. The molecule has 1 amide bonds. The number of hydrogen-bond acceptors (Lipinski definition) is 6. The van der Waals surface area contributed by atoms with E-state index in [0.29, 0.717) is 29.1 Å². The van der Waals surface area contributed by atoms with Crippen LogP contribution < -0.4 is 26.6 Å². The van der Waals surface area contributed by atoms with E-state index in [-0.39, 0.29) is 12.1 Å². The third-order valence-electron chi connectivity index (χ3n) is 7.06. The van der Waals surface area contributed by atoms with Crippen molar-refractivity contribution in [3.63, 3.8) is 0 Å². The number of aromatic amines is 1. The second kappa shape index (κ2) is 12.3. The van der Waals surface area contributed by atoms with Crippen molar-refractivity contribution in [1.82, 2.24) is 14.9 Å². The van der Waals surface area contributed by atoms with Crippen LogP contribution in [0.4, 0.5) is 10.1 Å². The van der Waals surface area contributed by atoms with E-state index in [2.05, 4.69) is 15.6 Å². The summed E-state index contributed by atoms with van der Waals surface area (Å²) < 4.78 is 21.6. The zero-order valence-electron chi connectivity index (χ0n) is 23.6. The Labute approximate surface area is 236 Å². The van der Waals surface area contributed by atoms with Gasteiger partial charge in [-0.25, -0.2) is 9.18 Å². The highest BCUT2D eigenvalue weighted by atomic mass is 19.1. The van der Waals surface area contributed by atoms with Crippen molar-refractivity contribution in [3.8, 4) is 28.0 Å². The first-order valence-corrected chi connectivity index (χ1v) is 13.1. The van der Waals surface area contributed by atoms with Gasteiger partial charge in [0.05, 0.1) is 13.2 Å². The van der Waals surface area contributed by atoms with Crippen LogP contribution >= 0.6 is 0 Å². The number of rotatable bonds is 9. The minimum atomic E-state index is -0.698. The molecule has 0 aliphatic carbocycles. The van der Waals surface area contributed by atoms with Gasteiger partial charge < -0.3 is 25.5 Å².